The minimum atomic E-state index is -0.257. The lowest BCUT2D eigenvalue weighted by Crippen LogP contribution is -2.32. The summed E-state index contributed by atoms with van der Waals surface area (Å²) in [4.78, 5) is 9.13. The number of hydrogen-bond acceptors (Lipinski definition) is 4. The number of rotatable bonds is 3. The predicted octanol–water partition coefficient (Wildman–Crippen LogP) is 2.68. The maximum atomic E-state index is 14.2. The smallest absolute Gasteiger partial charge is 0.157 e. The lowest BCUT2D eigenvalue weighted by molar-refractivity contribution is 0.315. The van der Waals surface area contributed by atoms with Gasteiger partial charge >= 0.3 is 0 Å². The summed E-state index contributed by atoms with van der Waals surface area (Å²) in [5, 5.41) is 4.40. The maximum absolute atomic E-state index is 14.2. The van der Waals surface area contributed by atoms with Crippen LogP contribution in [0.2, 0.25) is 0 Å². The Morgan fingerprint density at radius 3 is 2.79 bits per heavy atom. The van der Waals surface area contributed by atoms with E-state index in [2.05, 4.69) is 34.0 Å². The fourth-order valence-electron chi connectivity index (χ4n) is 3.30. The van der Waals surface area contributed by atoms with Crippen molar-refractivity contribution in [2.75, 3.05) is 32.1 Å². The molecule has 0 radical (unpaired) electrons. The first-order valence-electron chi connectivity index (χ1n) is 8.14. The lowest BCUT2D eigenvalue weighted by atomic mass is 10.1. The second-order valence-corrected chi connectivity index (χ2v) is 6.43. The number of nitrogens with zero attached hydrogens (tertiary/aromatic N) is 5. The van der Waals surface area contributed by atoms with E-state index in [1.54, 1.807) is 18.3 Å². The van der Waals surface area contributed by atoms with Gasteiger partial charge in [0, 0.05) is 36.8 Å². The molecule has 24 heavy (non-hydrogen) atoms. The molecule has 0 amide bonds. The summed E-state index contributed by atoms with van der Waals surface area (Å²) >= 11 is 0. The van der Waals surface area contributed by atoms with E-state index in [1.807, 2.05) is 22.7 Å². The average molecular weight is 325 g/mol. The van der Waals surface area contributed by atoms with Crippen molar-refractivity contribution < 1.29 is 4.39 Å². The van der Waals surface area contributed by atoms with Crippen molar-refractivity contribution in [1.82, 2.24) is 19.5 Å². The Balaban J connectivity index is 1.81. The molecule has 1 aliphatic heterocycles. The second kappa shape index (κ2) is 5.87. The molecular weight excluding hydrogens is 305 g/mol. The van der Waals surface area contributed by atoms with Crippen LogP contribution in [-0.2, 0) is 0 Å². The van der Waals surface area contributed by atoms with Gasteiger partial charge in [-0.25, -0.2) is 9.37 Å². The van der Waals surface area contributed by atoms with Crippen molar-refractivity contribution in [3.63, 3.8) is 0 Å². The zero-order valence-corrected chi connectivity index (χ0v) is 13.9. The molecule has 0 unspecified atom stereocenters. The second-order valence-electron chi connectivity index (χ2n) is 6.43. The average Bonchev–Trinajstić information content (AvgIpc) is 3.23. The van der Waals surface area contributed by atoms with Crippen LogP contribution in [0.3, 0.4) is 0 Å². The van der Waals surface area contributed by atoms with Crippen LogP contribution in [0, 0.1) is 5.82 Å². The number of benzene rings is 1. The number of likely N-dealkylation sites (N-methyl/N-ethyl adjacent to an activating group) is 1. The van der Waals surface area contributed by atoms with Crippen molar-refractivity contribution in [2.45, 2.75) is 12.5 Å². The molecule has 1 fully saturated rings. The zero-order valence-electron chi connectivity index (χ0n) is 13.9. The summed E-state index contributed by atoms with van der Waals surface area (Å²) in [5.74, 6) is 0.708. The Hall–Kier alpha value is -2.47. The zero-order chi connectivity index (χ0) is 16.7. The third-order valence-corrected chi connectivity index (χ3v) is 4.71. The minimum Gasteiger partial charge on any atom is -0.355 e. The van der Waals surface area contributed by atoms with Crippen LogP contribution >= 0.6 is 0 Å². The van der Waals surface area contributed by atoms with Gasteiger partial charge in [-0.15, -0.1) is 0 Å². The van der Waals surface area contributed by atoms with Gasteiger partial charge in [0.1, 0.15) is 11.6 Å². The topological polar surface area (TPSA) is 36.7 Å². The van der Waals surface area contributed by atoms with Crippen LogP contribution in [0.15, 0.2) is 42.6 Å². The molecule has 5 nitrogen and oxygen atoms in total. The molecule has 2 aromatic heterocycles. The minimum absolute atomic E-state index is 0.257. The van der Waals surface area contributed by atoms with Gasteiger partial charge < -0.3 is 9.80 Å². The molecule has 124 valence electrons. The van der Waals surface area contributed by atoms with Crippen molar-refractivity contribution >= 4 is 11.5 Å². The van der Waals surface area contributed by atoms with Crippen LogP contribution in [0.1, 0.15) is 6.42 Å². The number of fused-ring (bicyclic) bond motifs is 1. The van der Waals surface area contributed by atoms with E-state index in [9.17, 15) is 4.39 Å². The highest BCUT2D eigenvalue weighted by atomic mass is 19.1. The standard InChI is InChI=1S/C18H20FN5/c1-22(2)13-8-10-23(12-13)18-11-16(14-5-3-4-6-15(14)19)21-17-7-9-20-24(17)18/h3-7,9,11,13H,8,10,12H2,1-2H3/t13-/m1/s1. The molecule has 3 aromatic rings. The van der Waals surface area contributed by atoms with Gasteiger partial charge in [0.2, 0.25) is 0 Å². The highest BCUT2D eigenvalue weighted by Crippen LogP contribution is 2.28. The molecule has 0 bridgehead atoms. The van der Waals surface area contributed by atoms with Crippen molar-refractivity contribution in [3.8, 4) is 11.3 Å². The van der Waals surface area contributed by atoms with Crippen LogP contribution in [0.4, 0.5) is 10.2 Å². The third-order valence-electron chi connectivity index (χ3n) is 4.71. The van der Waals surface area contributed by atoms with E-state index < -0.39 is 0 Å². The number of anilines is 1. The molecule has 1 atom stereocenters. The first kappa shape index (κ1) is 15.1. The molecule has 0 N–H and O–H groups in total. The Morgan fingerprint density at radius 2 is 2.04 bits per heavy atom. The largest absolute Gasteiger partial charge is 0.355 e. The van der Waals surface area contributed by atoms with E-state index in [0.717, 1.165) is 31.0 Å². The fraction of sp³-hybridized carbons (Fsp3) is 0.333. The Morgan fingerprint density at radius 1 is 1.21 bits per heavy atom. The van der Waals surface area contributed by atoms with Crippen molar-refractivity contribution in [3.05, 3.63) is 48.4 Å². The first-order valence-corrected chi connectivity index (χ1v) is 8.14. The van der Waals surface area contributed by atoms with E-state index in [-0.39, 0.29) is 5.82 Å². The normalized spacial score (nSPS) is 18.0. The van der Waals surface area contributed by atoms with Gasteiger partial charge in [0.15, 0.2) is 5.65 Å². The summed E-state index contributed by atoms with van der Waals surface area (Å²) in [6.45, 7) is 1.89. The highest BCUT2D eigenvalue weighted by molar-refractivity contribution is 5.67. The van der Waals surface area contributed by atoms with E-state index in [0.29, 0.717) is 17.3 Å². The van der Waals surface area contributed by atoms with Gasteiger partial charge in [-0.05, 0) is 32.6 Å². The van der Waals surface area contributed by atoms with E-state index in [1.165, 1.54) is 6.07 Å². The van der Waals surface area contributed by atoms with Gasteiger partial charge in [-0.3, -0.25) is 0 Å². The molecule has 0 saturated carbocycles. The molecule has 1 aromatic carbocycles. The fourth-order valence-corrected chi connectivity index (χ4v) is 3.30. The quantitative estimate of drug-likeness (QED) is 0.742. The summed E-state index contributed by atoms with van der Waals surface area (Å²) in [6, 6.07) is 11.1. The van der Waals surface area contributed by atoms with Crippen LogP contribution < -0.4 is 4.90 Å². The maximum Gasteiger partial charge on any atom is 0.157 e. The summed E-state index contributed by atoms with van der Waals surface area (Å²) in [5.41, 5.74) is 1.90. The highest BCUT2D eigenvalue weighted by Gasteiger charge is 2.26. The van der Waals surface area contributed by atoms with Crippen molar-refractivity contribution in [2.24, 2.45) is 0 Å². The molecule has 0 aliphatic carbocycles. The lowest BCUT2D eigenvalue weighted by Gasteiger charge is -2.22. The number of aromatic nitrogens is 3. The van der Waals surface area contributed by atoms with Gasteiger partial charge in [0.25, 0.3) is 0 Å². The molecule has 1 saturated heterocycles. The first-order chi connectivity index (χ1) is 11.6. The van der Waals surface area contributed by atoms with Gasteiger partial charge in [-0.2, -0.15) is 9.61 Å². The molecule has 3 heterocycles. The Bertz CT molecular complexity index is 873. The molecular formula is C18H20FN5. The molecule has 6 heteroatoms. The Kier molecular flexibility index (Phi) is 3.69. The van der Waals surface area contributed by atoms with Crippen LogP contribution in [0.25, 0.3) is 16.9 Å². The molecule has 1 aliphatic rings. The van der Waals surface area contributed by atoms with E-state index >= 15 is 0 Å². The van der Waals surface area contributed by atoms with E-state index in [4.69, 9.17) is 0 Å². The summed E-state index contributed by atoms with van der Waals surface area (Å²) in [7, 11) is 4.21. The predicted molar refractivity (Wildman–Crippen MR) is 92.7 cm³/mol. The number of halogens is 1. The van der Waals surface area contributed by atoms with Crippen LogP contribution in [-0.4, -0.2) is 52.7 Å². The molecule has 0 spiro atoms. The summed E-state index contributed by atoms with van der Waals surface area (Å²) in [6.07, 6.45) is 2.84. The SMILES string of the molecule is CN(C)[C@@H]1CCN(c2cc(-c3ccccc3F)nc3ccnn23)C1. The van der Waals surface area contributed by atoms with Gasteiger partial charge in [-0.1, -0.05) is 12.1 Å². The van der Waals surface area contributed by atoms with Crippen LogP contribution in [0.5, 0.6) is 0 Å². The summed E-state index contributed by atoms with van der Waals surface area (Å²) < 4.78 is 16.0. The number of hydrogen-bond donors (Lipinski definition) is 0. The molecule has 4 rings (SSSR count). The van der Waals surface area contributed by atoms with Crippen molar-refractivity contribution in [1.29, 1.82) is 0 Å². The van der Waals surface area contributed by atoms with Gasteiger partial charge in [0.05, 0.1) is 11.9 Å². The third kappa shape index (κ3) is 2.53. The monoisotopic (exact) mass is 325 g/mol. The Labute approximate surface area is 140 Å².